The lowest BCUT2D eigenvalue weighted by Gasteiger charge is -2.37. The minimum absolute atomic E-state index is 0.153. The molecule has 1 aliphatic rings. The van der Waals surface area contributed by atoms with Gasteiger partial charge in [0, 0.05) is 29.9 Å². The summed E-state index contributed by atoms with van der Waals surface area (Å²) in [6.45, 7) is 6.62. The van der Waals surface area contributed by atoms with E-state index < -0.39 is 0 Å². The number of ether oxygens (including phenoxy) is 1. The van der Waals surface area contributed by atoms with Crippen molar-refractivity contribution in [1.82, 2.24) is 5.32 Å². The molecule has 0 radical (unpaired) electrons. The molecule has 0 saturated carbocycles. The normalized spacial score (nSPS) is 21.4. The monoisotopic (exact) mass is 264 g/mol. The molecule has 2 atom stereocenters. The first kappa shape index (κ1) is 14.2. The largest absolute Gasteiger partial charge is 0.508 e. The van der Waals surface area contributed by atoms with Crippen LogP contribution in [-0.2, 0) is 4.74 Å². The quantitative estimate of drug-likeness (QED) is 0.876. The van der Waals surface area contributed by atoms with E-state index in [1.54, 1.807) is 0 Å². The van der Waals surface area contributed by atoms with Gasteiger partial charge in [0.15, 0.2) is 0 Å². The van der Waals surface area contributed by atoms with Crippen LogP contribution in [0.15, 0.2) is 18.2 Å². The van der Waals surface area contributed by atoms with E-state index >= 15 is 0 Å². The topological polar surface area (TPSA) is 44.7 Å². The van der Waals surface area contributed by atoms with Crippen molar-refractivity contribution in [1.29, 1.82) is 0 Å². The molecular weight excluding hydrogens is 240 g/mol. The van der Waals surface area contributed by atoms with E-state index in [9.17, 15) is 5.11 Å². The van der Waals surface area contributed by atoms with Crippen LogP contribution in [0, 0.1) is 0 Å². The first-order valence-corrected chi connectivity index (χ1v) is 7.02. The van der Waals surface area contributed by atoms with Crippen molar-refractivity contribution < 1.29 is 9.84 Å². The Bertz CT molecular complexity index is 423. The Morgan fingerprint density at radius 1 is 1.53 bits per heavy atom. The third-order valence-electron chi connectivity index (χ3n) is 3.94. The fourth-order valence-corrected chi connectivity index (χ4v) is 2.57. The van der Waals surface area contributed by atoms with E-state index in [0.29, 0.717) is 11.8 Å². The van der Waals surface area contributed by atoms with Crippen LogP contribution in [0.25, 0.3) is 0 Å². The lowest BCUT2D eigenvalue weighted by Crippen LogP contribution is -2.45. The van der Waals surface area contributed by atoms with E-state index in [1.807, 2.05) is 26.1 Å². The highest BCUT2D eigenvalue weighted by Gasteiger charge is 2.22. The number of rotatable bonds is 4. The molecule has 0 spiro atoms. The van der Waals surface area contributed by atoms with E-state index in [-0.39, 0.29) is 6.04 Å². The molecule has 0 bridgehead atoms. The molecule has 1 saturated heterocycles. The molecule has 1 heterocycles. The van der Waals surface area contributed by atoms with Gasteiger partial charge in [-0.2, -0.15) is 0 Å². The van der Waals surface area contributed by atoms with Crippen LogP contribution in [0.5, 0.6) is 5.75 Å². The highest BCUT2D eigenvalue weighted by molar-refractivity contribution is 5.55. The third kappa shape index (κ3) is 3.01. The van der Waals surface area contributed by atoms with Gasteiger partial charge in [-0.05, 0) is 26.5 Å². The molecule has 4 nitrogen and oxygen atoms in total. The summed E-state index contributed by atoms with van der Waals surface area (Å²) >= 11 is 0. The Kier molecular flexibility index (Phi) is 4.66. The maximum atomic E-state index is 10.2. The highest BCUT2D eigenvalue weighted by Crippen LogP contribution is 2.30. The second kappa shape index (κ2) is 6.26. The molecule has 0 aromatic heterocycles. The number of anilines is 1. The SMILES string of the molecule is CCC1COCCN1c1ccc(C(C)NC)c(O)c1. The lowest BCUT2D eigenvalue weighted by molar-refractivity contribution is 0.0930. The summed E-state index contributed by atoms with van der Waals surface area (Å²) in [4.78, 5) is 2.33. The van der Waals surface area contributed by atoms with Gasteiger partial charge in [0.25, 0.3) is 0 Å². The number of phenols is 1. The maximum absolute atomic E-state index is 10.2. The Morgan fingerprint density at radius 3 is 2.95 bits per heavy atom. The zero-order chi connectivity index (χ0) is 13.8. The van der Waals surface area contributed by atoms with Crippen LogP contribution in [0.1, 0.15) is 31.9 Å². The van der Waals surface area contributed by atoms with Gasteiger partial charge >= 0.3 is 0 Å². The van der Waals surface area contributed by atoms with Gasteiger partial charge in [0.2, 0.25) is 0 Å². The summed E-state index contributed by atoms with van der Waals surface area (Å²) in [5.74, 6) is 0.362. The van der Waals surface area contributed by atoms with Gasteiger partial charge in [0.1, 0.15) is 5.75 Å². The van der Waals surface area contributed by atoms with Crippen molar-refractivity contribution in [3.05, 3.63) is 23.8 Å². The predicted octanol–water partition coefficient (Wildman–Crippen LogP) is 2.29. The van der Waals surface area contributed by atoms with Crippen LogP contribution in [0.4, 0.5) is 5.69 Å². The summed E-state index contributed by atoms with van der Waals surface area (Å²) in [7, 11) is 1.90. The molecule has 4 heteroatoms. The van der Waals surface area contributed by atoms with E-state index in [1.165, 1.54) is 0 Å². The van der Waals surface area contributed by atoms with Crippen LogP contribution in [0.2, 0.25) is 0 Å². The van der Waals surface area contributed by atoms with Gasteiger partial charge < -0.3 is 20.1 Å². The van der Waals surface area contributed by atoms with Crippen LogP contribution in [0.3, 0.4) is 0 Å². The molecule has 106 valence electrons. The van der Waals surface area contributed by atoms with E-state index in [4.69, 9.17) is 4.74 Å². The molecule has 19 heavy (non-hydrogen) atoms. The van der Waals surface area contributed by atoms with Crippen molar-refractivity contribution in [3.63, 3.8) is 0 Å². The molecule has 2 unspecified atom stereocenters. The fraction of sp³-hybridized carbons (Fsp3) is 0.600. The Morgan fingerprint density at radius 2 is 2.32 bits per heavy atom. The molecule has 1 aliphatic heterocycles. The fourth-order valence-electron chi connectivity index (χ4n) is 2.57. The Hall–Kier alpha value is -1.26. The summed E-state index contributed by atoms with van der Waals surface area (Å²) < 4.78 is 5.52. The number of morpholine rings is 1. The molecule has 1 fully saturated rings. The van der Waals surface area contributed by atoms with Crippen molar-refractivity contribution in [2.75, 3.05) is 31.7 Å². The lowest BCUT2D eigenvalue weighted by atomic mass is 10.0. The molecule has 2 rings (SSSR count). The number of aromatic hydroxyl groups is 1. The van der Waals surface area contributed by atoms with Gasteiger partial charge in [-0.1, -0.05) is 13.0 Å². The van der Waals surface area contributed by atoms with Gasteiger partial charge in [-0.25, -0.2) is 0 Å². The first-order valence-electron chi connectivity index (χ1n) is 7.02. The second-order valence-electron chi connectivity index (χ2n) is 5.08. The molecule has 2 N–H and O–H groups in total. The molecule has 1 aromatic carbocycles. The average Bonchev–Trinajstić information content (AvgIpc) is 2.46. The van der Waals surface area contributed by atoms with E-state index in [0.717, 1.165) is 37.4 Å². The highest BCUT2D eigenvalue weighted by atomic mass is 16.5. The average molecular weight is 264 g/mol. The van der Waals surface area contributed by atoms with Crippen LogP contribution >= 0.6 is 0 Å². The van der Waals surface area contributed by atoms with Gasteiger partial charge in [0.05, 0.1) is 19.3 Å². The van der Waals surface area contributed by atoms with Crippen LogP contribution < -0.4 is 10.2 Å². The molecule has 0 amide bonds. The van der Waals surface area contributed by atoms with E-state index in [2.05, 4.69) is 23.2 Å². The molecule has 1 aromatic rings. The van der Waals surface area contributed by atoms with Gasteiger partial charge in [-0.15, -0.1) is 0 Å². The van der Waals surface area contributed by atoms with Crippen LogP contribution in [-0.4, -0.2) is 38.0 Å². The number of nitrogens with zero attached hydrogens (tertiary/aromatic N) is 1. The second-order valence-corrected chi connectivity index (χ2v) is 5.08. The van der Waals surface area contributed by atoms with Crippen molar-refractivity contribution in [3.8, 4) is 5.75 Å². The number of nitrogens with one attached hydrogen (secondary N) is 1. The zero-order valence-corrected chi connectivity index (χ0v) is 12.0. The van der Waals surface area contributed by atoms with Crippen molar-refractivity contribution >= 4 is 5.69 Å². The minimum Gasteiger partial charge on any atom is -0.508 e. The molecular formula is C15H24N2O2. The van der Waals surface area contributed by atoms with Gasteiger partial charge in [-0.3, -0.25) is 0 Å². The summed E-state index contributed by atoms with van der Waals surface area (Å²) in [6, 6.07) is 6.53. The Balaban J connectivity index is 2.23. The summed E-state index contributed by atoms with van der Waals surface area (Å²) in [5.41, 5.74) is 2.02. The standard InChI is InChI=1S/C15H24N2O2/c1-4-12-10-19-8-7-17(12)13-5-6-14(11(2)16-3)15(18)9-13/h5-6,9,11-12,16,18H,4,7-8,10H2,1-3H3. The number of hydrogen-bond acceptors (Lipinski definition) is 4. The number of phenolic OH excluding ortho intramolecular Hbond substituents is 1. The smallest absolute Gasteiger partial charge is 0.122 e. The first-order chi connectivity index (χ1) is 9.17. The maximum Gasteiger partial charge on any atom is 0.122 e. The van der Waals surface area contributed by atoms with Crippen molar-refractivity contribution in [2.45, 2.75) is 32.4 Å². The minimum atomic E-state index is 0.153. The summed E-state index contributed by atoms with van der Waals surface area (Å²) in [6.07, 6.45) is 1.05. The van der Waals surface area contributed by atoms with Crippen molar-refractivity contribution in [2.24, 2.45) is 0 Å². The zero-order valence-electron chi connectivity index (χ0n) is 12.0. The molecule has 0 aliphatic carbocycles. The Labute approximate surface area is 115 Å². The predicted molar refractivity (Wildman–Crippen MR) is 77.8 cm³/mol. The summed E-state index contributed by atoms with van der Waals surface area (Å²) in [5, 5.41) is 13.3. The third-order valence-corrected chi connectivity index (χ3v) is 3.94. The number of benzene rings is 1. The number of hydrogen-bond donors (Lipinski definition) is 2.